The summed E-state index contributed by atoms with van der Waals surface area (Å²) in [5.74, 6) is 2.13. The van der Waals surface area contributed by atoms with Crippen LogP contribution in [-0.2, 0) is 6.54 Å². The van der Waals surface area contributed by atoms with Crippen molar-refractivity contribution in [2.45, 2.75) is 57.9 Å². The number of hydrogen-bond acceptors (Lipinski definition) is 3. The van der Waals surface area contributed by atoms with E-state index in [0.717, 1.165) is 23.4 Å². The predicted molar refractivity (Wildman–Crippen MR) is 96.5 cm³/mol. The number of hydrogen-bond donors (Lipinski definition) is 2. The second-order valence-corrected chi connectivity index (χ2v) is 7.27. The second kappa shape index (κ2) is 9.03. The molecule has 122 valence electrons. The van der Waals surface area contributed by atoms with Crippen LogP contribution in [0.25, 0.3) is 0 Å². The molecule has 0 aromatic carbocycles. The third kappa shape index (κ3) is 5.20. The van der Waals surface area contributed by atoms with Crippen molar-refractivity contribution < 1.29 is 0 Å². The van der Waals surface area contributed by atoms with Gasteiger partial charge < -0.3 is 10.6 Å². The molecule has 1 aromatic rings. The van der Waals surface area contributed by atoms with Gasteiger partial charge in [-0.05, 0) is 50.5 Å². The van der Waals surface area contributed by atoms with Gasteiger partial charge in [0.25, 0.3) is 0 Å². The van der Waals surface area contributed by atoms with Gasteiger partial charge in [-0.25, -0.2) is 4.99 Å². The molecule has 0 saturated heterocycles. The number of aliphatic imine (C=N–C) groups is 1. The lowest BCUT2D eigenvalue weighted by molar-refractivity contribution is 0.614. The van der Waals surface area contributed by atoms with E-state index in [1.54, 1.807) is 0 Å². The Hall–Kier alpha value is -1.23. The number of nitrogens with one attached hydrogen (secondary N) is 2. The van der Waals surface area contributed by atoms with Crippen LogP contribution in [0.2, 0.25) is 0 Å². The van der Waals surface area contributed by atoms with E-state index in [2.05, 4.69) is 54.2 Å². The summed E-state index contributed by atoms with van der Waals surface area (Å²) in [6.45, 7) is 7.94. The Morgan fingerprint density at radius 2 is 2.27 bits per heavy atom. The standard InChI is InChI=1S/C17H28N4S/c1-4-18-17(20-12-16-13(3)7-6-10-19-16)21-14-8-9-15(11-14)22-5-2/h6-7,10,14-15H,4-5,8-9,11-12H2,1-3H3,(H2,18,20,21). The molecule has 22 heavy (non-hydrogen) atoms. The maximum Gasteiger partial charge on any atom is 0.191 e. The quantitative estimate of drug-likeness (QED) is 0.624. The van der Waals surface area contributed by atoms with Crippen molar-refractivity contribution in [3.05, 3.63) is 29.6 Å². The number of guanidine groups is 1. The molecule has 0 radical (unpaired) electrons. The second-order valence-electron chi connectivity index (χ2n) is 5.69. The highest BCUT2D eigenvalue weighted by Crippen LogP contribution is 2.29. The summed E-state index contributed by atoms with van der Waals surface area (Å²) in [6.07, 6.45) is 5.63. The van der Waals surface area contributed by atoms with Crippen molar-refractivity contribution in [2.75, 3.05) is 12.3 Å². The molecule has 1 saturated carbocycles. The number of nitrogens with zero attached hydrogens (tertiary/aromatic N) is 2. The van der Waals surface area contributed by atoms with Gasteiger partial charge in [-0.2, -0.15) is 11.8 Å². The fourth-order valence-corrected chi connectivity index (χ4v) is 3.95. The highest BCUT2D eigenvalue weighted by molar-refractivity contribution is 7.99. The van der Waals surface area contributed by atoms with Gasteiger partial charge in [0.05, 0.1) is 12.2 Å². The molecule has 1 aromatic heterocycles. The Morgan fingerprint density at radius 1 is 1.41 bits per heavy atom. The normalized spacial score (nSPS) is 21.9. The molecule has 2 N–H and O–H groups in total. The van der Waals surface area contributed by atoms with Gasteiger partial charge in [-0.3, -0.25) is 4.98 Å². The Balaban J connectivity index is 1.92. The van der Waals surface area contributed by atoms with E-state index in [4.69, 9.17) is 4.99 Å². The van der Waals surface area contributed by atoms with Crippen molar-refractivity contribution in [2.24, 2.45) is 4.99 Å². The minimum atomic E-state index is 0.548. The lowest BCUT2D eigenvalue weighted by Gasteiger charge is -2.17. The summed E-state index contributed by atoms with van der Waals surface area (Å²) in [4.78, 5) is 9.12. The highest BCUT2D eigenvalue weighted by Gasteiger charge is 2.25. The molecule has 1 aliphatic rings. The number of thioether (sulfide) groups is 1. The molecule has 5 heteroatoms. The smallest absolute Gasteiger partial charge is 0.191 e. The maximum absolute atomic E-state index is 4.70. The van der Waals surface area contributed by atoms with Crippen LogP contribution in [0, 0.1) is 6.92 Å². The fourth-order valence-electron chi connectivity index (χ4n) is 2.81. The predicted octanol–water partition coefficient (Wildman–Crippen LogP) is 3.12. The zero-order valence-electron chi connectivity index (χ0n) is 13.9. The van der Waals surface area contributed by atoms with E-state index >= 15 is 0 Å². The summed E-state index contributed by atoms with van der Waals surface area (Å²) in [6, 6.07) is 4.60. The van der Waals surface area contributed by atoms with Gasteiger partial charge in [0.2, 0.25) is 0 Å². The van der Waals surface area contributed by atoms with Gasteiger partial charge in [0.1, 0.15) is 0 Å². The number of aromatic nitrogens is 1. The van der Waals surface area contributed by atoms with Crippen LogP contribution in [0.1, 0.15) is 44.4 Å². The summed E-state index contributed by atoms with van der Waals surface area (Å²) < 4.78 is 0. The summed E-state index contributed by atoms with van der Waals surface area (Å²) in [7, 11) is 0. The fraction of sp³-hybridized carbons (Fsp3) is 0.647. The molecule has 2 atom stereocenters. The lowest BCUT2D eigenvalue weighted by Crippen LogP contribution is -2.42. The van der Waals surface area contributed by atoms with Crippen LogP contribution < -0.4 is 10.6 Å². The minimum Gasteiger partial charge on any atom is -0.357 e. The molecule has 1 fully saturated rings. The Labute approximate surface area is 138 Å². The molecule has 2 unspecified atom stereocenters. The Bertz CT molecular complexity index is 489. The highest BCUT2D eigenvalue weighted by atomic mass is 32.2. The van der Waals surface area contributed by atoms with Gasteiger partial charge in [-0.1, -0.05) is 13.0 Å². The Kier molecular flexibility index (Phi) is 7.03. The zero-order valence-corrected chi connectivity index (χ0v) is 14.7. The van der Waals surface area contributed by atoms with Crippen LogP contribution in [0.4, 0.5) is 0 Å². The summed E-state index contributed by atoms with van der Waals surface area (Å²) in [5.41, 5.74) is 2.24. The molecule has 4 nitrogen and oxygen atoms in total. The van der Waals surface area contributed by atoms with Crippen LogP contribution in [0.15, 0.2) is 23.3 Å². The van der Waals surface area contributed by atoms with Gasteiger partial charge >= 0.3 is 0 Å². The monoisotopic (exact) mass is 320 g/mol. The average molecular weight is 321 g/mol. The third-order valence-corrected chi connectivity index (χ3v) is 5.21. The maximum atomic E-state index is 4.70. The van der Waals surface area contributed by atoms with E-state index in [0.29, 0.717) is 12.6 Å². The van der Waals surface area contributed by atoms with E-state index in [1.165, 1.54) is 30.6 Å². The number of rotatable bonds is 6. The molecular formula is C17H28N4S. The largest absolute Gasteiger partial charge is 0.357 e. The van der Waals surface area contributed by atoms with Crippen molar-refractivity contribution >= 4 is 17.7 Å². The van der Waals surface area contributed by atoms with Crippen molar-refractivity contribution in [1.82, 2.24) is 15.6 Å². The van der Waals surface area contributed by atoms with Crippen molar-refractivity contribution in [1.29, 1.82) is 0 Å². The molecule has 2 rings (SSSR count). The molecule has 1 aliphatic carbocycles. The Morgan fingerprint density at radius 3 is 3.00 bits per heavy atom. The number of aryl methyl sites for hydroxylation is 1. The molecule has 0 spiro atoms. The molecule has 0 bridgehead atoms. The first-order chi connectivity index (χ1) is 10.7. The molecule has 0 amide bonds. The molecular weight excluding hydrogens is 292 g/mol. The first-order valence-electron chi connectivity index (χ1n) is 8.29. The van der Waals surface area contributed by atoms with Crippen LogP contribution in [0.3, 0.4) is 0 Å². The summed E-state index contributed by atoms with van der Waals surface area (Å²) >= 11 is 2.08. The third-order valence-electron chi connectivity index (χ3n) is 3.98. The topological polar surface area (TPSA) is 49.3 Å². The van der Waals surface area contributed by atoms with E-state index in [1.807, 2.05) is 12.3 Å². The number of pyridine rings is 1. The van der Waals surface area contributed by atoms with Crippen LogP contribution in [0.5, 0.6) is 0 Å². The average Bonchev–Trinajstić information content (AvgIpc) is 2.94. The van der Waals surface area contributed by atoms with Crippen molar-refractivity contribution in [3.8, 4) is 0 Å². The van der Waals surface area contributed by atoms with Gasteiger partial charge in [-0.15, -0.1) is 0 Å². The lowest BCUT2D eigenvalue weighted by atomic mass is 10.2. The van der Waals surface area contributed by atoms with E-state index in [-0.39, 0.29) is 0 Å². The first kappa shape index (κ1) is 17.1. The van der Waals surface area contributed by atoms with Crippen LogP contribution >= 0.6 is 11.8 Å². The summed E-state index contributed by atoms with van der Waals surface area (Å²) in [5, 5.41) is 7.75. The zero-order chi connectivity index (χ0) is 15.8. The van der Waals surface area contributed by atoms with E-state index < -0.39 is 0 Å². The molecule has 1 heterocycles. The molecule has 0 aliphatic heterocycles. The first-order valence-corrected chi connectivity index (χ1v) is 9.34. The van der Waals surface area contributed by atoms with Crippen LogP contribution in [-0.4, -0.2) is 34.5 Å². The van der Waals surface area contributed by atoms with Gasteiger partial charge in [0.15, 0.2) is 5.96 Å². The van der Waals surface area contributed by atoms with E-state index in [9.17, 15) is 0 Å². The van der Waals surface area contributed by atoms with Gasteiger partial charge in [0, 0.05) is 24.0 Å². The SMILES string of the molecule is CCNC(=NCc1ncccc1C)NC1CCC(SCC)C1. The van der Waals surface area contributed by atoms with Crippen molar-refractivity contribution in [3.63, 3.8) is 0 Å². The minimum absolute atomic E-state index is 0.548.